The molecule has 114 valence electrons. The number of aliphatic carboxylic acids is 1. The predicted octanol–water partition coefficient (Wildman–Crippen LogP) is 1.67. The van der Waals surface area contributed by atoms with Crippen LogP contribution in [-0.4, -0.2) is 40.4 Å². The first-order chi connectivity index (χ1) is 9.65. The fraction of sp³-hybridized carbons (Fsp3) is 0.333. The van der Waals surface area contributed by atoms with Gasteiger partial charge in [0.15, 0.2) is 0 Å². The van der Waals surface area contributed by atoms with Gasteiger partial charge < -0.3 is 10.0 Å². The summed E-state index contributed by atoms with van der Waals surface area (Å²) in [6.45, 7) is 1.13. The maximum Gasteiger partial charge on any atom is 0.308 e. The first-order valence-corrected chi connectivity index (χ1v) is 5.76. The summed E-state index contributed by atoms with van der Waals surface area (Å²) in [7, 11) is 1.22. The Bertz CT molecular complexity index is 606. The predicted molar refractivity (Wildman–Crippen MR) is 66.8 cm³/mol. The van der Waals surface area contributed by atoms with Crippen LogP contribution in [0, 0.1) is 27.7 Å². The van der Waals surface area contributed by atoms with E-state index in [1.165, 1.54) is 14.0 Å². The molecule has 0 fully saturated rings. The monoisotopic (exact) mass is 302 g/mol. The van der Waals surface area contributed by atoms with Crippen molar-refractivity contribution in [2.75, 3.05) is 13.6 Å². The lowest BCUT2D eigenvalue weighted by molar-refractivity contribution is -0.387. The average Bonchev–Trinajstić information content (AvgIpc) is 2.39. The Morgan fingerprint density at radius 1 is 1.38 bits per heavy atom. The number of halogens is 2. The number of hydrogen-bond donors (Lipinski definition) is 1. The minimum absolute atomic E-state index is 0.216. The summed E-state index contributed by atoms with van der Waals surface area (Å²) < 4.78 is 27.1. The molecule has 21 heavy (non-hydrogen) atoms. The molecule has 0 saturated carbocycles. The van der Waals surface area contributed by atoms with E-state index in [0.29, 0.717) is 12.1 Å². The van der Waals surface area contributed by atoms with Crippen molar-refractivity contribution in [3.63, 3.8) is 0 Å². The van der Waals surface area contributed by atoms with Gasteiger partial charge in [0, 0.05) is 13.6 Å². The molecule has 0 aliphatic heterocycles. The molecule has 9 heteroatoms. The molecule has 0 saturated heterocycles. The van der Waals surface area contributed by atoms with Crippen LogP contribution < -0.4 is 0 Å². The number of benzene rings is 1. The van der Waals surface area contributed by atoms with Gasteiger partial charge in [-0.15, -0.1) is 0 Å². The van der Waals surface area contributed by atoms with E-state index in [2.05, 4.69) is 0 Å². The fourth-order valence-electron chi connectivity index (χ4n) is 1.62. The van der Waals surface area contributed by atoms with Gasteiger partial charge in [0.2, 0.25) is 5.82 Å². The summed E-state index contributed by atoms with van der Waals surface area (Å²) in [5, 5.41) is 19.2. The van der Waals surface area contributed by atoms with Gasteiger partial charge in [-0.3, -0.25) is 19.7 Å². The van der Waals surface area contributed by atoms with Gasteiger partial charge in [0.1, 0.15) is 5.82 Å². The molecule has 1 aromatic rings. The SMILES string of the molecule is CC(CN(C)C(=O)c1cc(F)c([N+](=O)[O-])cc1F)C(=O)O. The largest absolute Gasteiger partial charge is 0.481 e. The van der Waals surface area contributed by atoms with Gasteiger partial charge in [0.05, 0.1) is 22.5 Å². The zero-order valence-electron chi connectivity index (χ0n) is 11.2. The van der Waals surface area contributed by atoms with E-state index < -0.39 is 45.6 Å². The van der Waals surface area contributed by atoms with Gasteiger partial charge >= 0.3 is 11.7 Å². The molecule has 7 nitrogen and oxygen atoms in total. The van der Waals surface area contributed by atoms with Crippen molar-refractivity contribution in [3.05, 3.63) is 39.4 Å². The van der Waals surface area contributed by atoms with E-state index in [4.69, 9.17) is 5.11 Å². The second-order valence-electron chi connectivity index (χ2n) is 4.47. The van der Waals surface area contributed by atoms with E-state index in [1.54, 1.807) is 0 Å². The average molecular weight is 302 g/mol. The van der Waals surface area contributed by atoms with E-state index in [9.17, 15) is 28.5 Å². The molecular formula is C12H12F2N2O5. The lowest BCUT2D eigenvalue weighted by Gasteiger charge is -2.19. The molecule has 0 radical (unpaired) electrons. The number of hydrogen-bond acceptors (Lipinski definition) is 4. The Morgan fingerprint density at radius 3 is 2.43 bits per heavy atom. The number of nitro benzene ring substituents is 1. The summed E-state index contributed by atoms with van der Waals surface area (Å²) in [6, 6.07) is 0.745. The summed E-state index contributed by atoms with van der Waals surface area (Å²) >= 11 is 0. The number of carboxylic acids is 1. The Labute approximate surface area is 117 Å². The van der Waals surface area contributed by atoms with Crippen molar-refractivity contribution >= 4 is 17.6 Å². The number of nitrogens with zero attached hydrogens (tertiary/aromatic N) is 2. The molecule has 0 bridgehead atoms. The van der Waals surface area contributed by atoms with E-state index in [0.717, 1.165) is 4.90 Å². The minimum atomic E-state index is -1.34. The Kier molecular flexibility index (Phi) is 4.90. The zero-order valence-corrected chi connectivity index (χ0v) is 11.2. The highest BCUT2D eigenvalue weighted by Gasteiger charge is 2.25. The fourth-order valence-corrected chi connectivity index (χ4v) is 1.62. The topological polar surface area (TPSA) is 101 Å². The molecule has 0 aliphatic rings. The summed E-state index contributed by atoms with van der Waals surface area (Å²) in [6.07, 6.45) is 0. The lowest BCUT2D eigenvalue weighted by Crippen LogP contribution is -2.34. The number of carbonyl (C=O) groups is 2. The normalized spacial score (nSPS) is 11.8. The molecule has 1 atom stereocenters. The first kappa shape index (κ1) is 16.5. The minimum Gasteiger partial charge on any atom is -0.481 e. The smallest absolute Gasteiger partial charge is 0.308 e. The molecule has 1 rings (SSSR count). The van der Waals surface area contributed by atoms with E-state index in [1.807, 2.05) is 0 Å². The van der Waals surface area contributed by atoms with Crippen LogP contribution in [0.5, 0.6) is 0 Å². The van der Waals surface area contributed by atoms with Crippen molar-refractivity contribution in [3.8, 4) is 0 Å². The second-order valence-corrected chi connectivity index (χ2v) is 4.47. The highest BCUT2D eigenvalue weighted by atomic mass is 19.1. The van der Waals surface area contributed by atoms with Gasteiger partial charge in [-0.25, -0.2) is 4.39 Å². The lowest BCUT2D eigenvalue weighted by atomic mass is 10.1. The van der Waals surface area contributed by atoms with Crippen LogP contribution in [0.2, 0.25) is 0 Å². The summed E-state index contributed by atoms with van der Waals surface area (Å²) in [5.41, 5.74) is -1.77. The summed E-state index contributed by atoms with van der Waals surface area (Å²) in [5.74, 6) is -5.60. The Morgan fingerprint density at radius 2 is 1.95 bits per heavy atom. The van der Waals surface area contributed by atoms with Crippen LogP contribution in [0.15, 0.2) is 12.1 Å². The Balaban J connectivity index is 3.05. The van der Waals surface area contributed by atoms with Crippen molar-refractivity contribution in [1.29, 1.82) is 0 Å². The number of carbonyl (C=O) groups excluding carboxylic acids is 1. The third-order valence-electron chi connectivity index (χ3n) is 2.78. The number of amides is 1. The maximum absolute atomic E-state index is 13.7. The number of rotatable bonds is 5. The van der Waals surface area contributed by atoms with Crippen molar-refractivity contribution in [1.82, 2.24) is 4.90 Å². The molecule has 0 aliphatic carbocycles. The number of nitro groups is 1. The standard InChI is InChI=1S/C12H12F2N2O5/c1-6(12(18)19)5-15(2)11(17)7-3-9(14)10(16(20)21)4-8(7)13/h3-4,6H,5H2,1-2H3,(H,18,19). The van der Waals surface area contributed by atoms with Crippen LogP contribution in [-0.2, 0) is 4.79 Å². The van der Waals surface area contributed by atoms with Gasteiger partial charge in [-0.1, -0.05) is 6.92 Å². The van der Waals surface area contributed by atoms with Crippen molar-refractivity contribution < 1.29 is 28.4 Å². The van der Waals surface area contributed by atoms with E-state index >= 15 is 0 Å². The van der Waals surface area contributed by atoms with Crippen molar-refractivity contribution in [2.24, 2.45) is 5.92 Å². The molecule has 1 amide bonds. The quantitative estimate of drug-likeness (QED) is 0.658. The molecule has 0 spiro atoms. The maximum atomic E-state index is 13.7. The van der Waals surface area contributed by atoms with Crippen LogP contribution in [0.1, 0.15) is 17.3 Å². The van der Waals surface area contributed by atoms with Gasteiger partial charge in [-0.2, -0.15) is 4.39 Å². The number of carboxylic acid groups (broad SMARTS) is 1. The van der Waals surface area contributed by atoms with Crippen LogP contribution in [0.4, 0.5) is 14.5 Å². The zero-order chi connectivity index (χ0) is 16.3. The third kappa shape index (κ3) is 3.71. The highest BCUT2D eigenvalue weighted by molar-refractivity contribution is 5.94. The van der Waals surface area contributed by atoms with Crippen molar-refractivity contribution in [2.45, 2.75) is 6.92 Å². The molecular weight excluding hydrogens is 290 g/mol. The molecule has 1 N–H and O–H groups in total. The molecule has 1 unspecified atom stereocenters. The highest BCUT2D eigenvalue weighted by Crippen LogP contribution is 2.22. The molecule has 0 heterocycles. The Hall–Kier alpha value is -2.58. The second kappa shape index (κ2) is 6.25. The van der Waals surface area contributed by atoms with Crippen LogP contribution >= 0.6 is 0 Å². The first-order valence-electron chi connectivity index (χ1n) is 5.76. The van der Waals surface area contributed by atoms with Gasteiger partial charge in [0.25, 0.3) is 5.91 Å². The van der Waals surface area contributed by atoms with E-state index in [-0.39, 0.29) is 6.54 Å². The summed E-state index contributed by atoms with van der Waals surface area (Å²) in [4.78, 5) is 32.8. The molecule has 0 aromatic heterocycles. The van der Waals surface area contributed by atoms with Gasteiger partial charge in [-0.05, 0) is 6.07 Å². The molecule has 1 aromatic carbocycles. The third-order valence-corrected chi connectivity index (χ3v) is 2.78. The van der Waals surface area contributed by atoms with Crippen LogP contribution in [0.25, 0.3) is 0 Å². The van der Waals surface area contributed by atoms with Crippen LogP contribution in [0.3, 0.4) is 0 Å².